The number of halogens is 1. The number of nitrogens with one attached hydrogen (secondary N) is 1. The summed E-state index contributed by atoms with van der Waals surface area (Å²) in [5.41, 5.74) is 6.24. The van der Waals surface area contributed by atoms with E-state index in [9.17, 15) is 24.0 Å². The summed E-state index contributed by atoms with van der Waals surface area (Å²) in [5, 5.41) is 2.65. The molecule has 0 spiro atoms. The summed E-state index contributed by atoms with van der Waals surface area (Å²) in [6.07, 6.45) is 6.48. The predicted molar refractivity (Wildman–Crippen MR) is 203 cm³/mol. The Morgan fingerprint density at radius 1 is 0.709 bits per heavy atom. The number of carbonyl (C=O) groups is 5. The van der Waals surface area contributed by atoms with Gasteiger partial charge in [-0.2, -0.15) is 0 Å². The van der Waals surface area contributed by atoms with Gasteiger partial charge in [0.25, 0.3) is 17.7 Å². The third-order valence-corrected chi connectivity index (χ3v) is 12.8. The van der Waals surface area contributed by atoms with Crippen LogP contribution in [0.2, 0.25) is 5.02 Å². The number of amides is 5. The summed E-state index contributed by atoms with van der Waals surface area (Å²) in [6, 6.07) is 14.7. The molecule has 13 heteroatoms. The van der Waals surface area contributed by atoms with E-state index in [0.29, 0.717) is 46.7 Å². The van der Waals surface area contributed by atoms with Gasteiger partial charge in [-0.05, 0) is 111 Å². The smallest absolute Gasteiger partial charge is 0.262 e. The molecule has 282 valence electrons. The van der Waals surface area contributed by atoms with Crippen LogP contribution in [0, 0.1) is 6.57 Å². The Bertz CT molecular complexity index is 2180. The number of nitrogens with zero attached hydrogens (tertiary/aromatic N) is 5. The van der Waals surface area contributed by atoms with Crippen LogP contribution < -0.4 is 15.0 Å². The second-order valence-electron chi connectivity index (χ2n) is 15.6. The van der Waals surface area contributed by atoms with E-state index in [1.807, 2.05) is 23.1 Å². The summed E-state index contributed by atoms with van der Waals surface area (Å²) in [5.74, 6) is -1.13. The number of benzene rings is 3. The van der Waals surface area contributed by atoms with Crippen molar-refractivity contribution in [2.45, 2.75) is 95.1 Å². The molecule has 5 amide bonds. The summed E-state index contributed by atoms with van der Waals surface area (Å²) < 4.78 is 6.19. The fraction of sp³-hybridized carbons (Fsp3) is 0.429. The van der Waals surface area contributed by atoms with Crippen LogP contribution in [-0.2, 0) is 29.1 Å². The van der Waals surface area contributed by atoms with Crippen LogP contribution in [0.4, 0.5) is 11.4 Å². The van der Waals surface area contributed by atoms with Gasteiger partial charge in [-0.1, -0.05) is 17.7 Å². The van der Waals surface area contributed by atoms with E-state index >= 15 is 0 Å². The molecule has 9 rings (SSSR count). The van der Waals surface area contributed by atoms with Crippen molar-refractivity contribution in [3.05, 3.63) is 98.4 Å². The van der Waals surface area contributed by atoms with E-state index in [1.165, 1.54) is 0 Å². The number of rotatable bonds is 6. The van der Waals surface area contributed by atoms with Crippen molar-refractivity contribution in [3.8, 4) is 5.75 Å². The zero-order valence-electron chi connectivity index (χ0n) is 30.4. The van der Waals surface area contributed by atoms with Gasteiger partial charge in [-0.15, -0.1) is 0 Å². The Balaban J connectivity index is 0.790. The van der Waals surface area contributed by atoms with Crippen molar-refractivity contribution in [3.63, 3.8) is 0 Å². The highest BCUT2D eigenvalue weighted by molar-refractivity contribution is 6.33. The predicted octanol–water partition coefficient (Wildman–Crippen LogP) is 5.67. The first-order chi connectivity index (χ1) is 26.6. The third kappa shape index (κ3) is 6.43. The van der Waals surface area contributed by atoms with E-state index in [2.05, 4.69) is 32.1 Å². The standard InChI is InChI=1S/C42H41ClN6O6/c1-44-36-9-7-31(21-35(36)43)55-30-5-2-28(3-6-30)48-23-26-18-29(4-8-32(26)40(48)52)46-16-13-27(14-17-46)47-15-12-24-19-33-34(20-25(24)22-47)42(54)49(41(33)53)37-10-11-38(50)45-39(37)51/h4,7-9,18-21,27-28,30,37H,2-3,5-6,10-17,22-23H2,(H,45,50,51). The quantitative estimate of drug-likeness (QED) is 0.252. The maximum Gasteiger partial charge on any atom is 0.262 e. The molecule has 5 aliphatic heterocycles. The first-order valence-corrected chi connectivity index (χ1v) is 19.7. The fourth-order valence-corrected chi connectivity index (χ4v) is 9.70. The zero-order valence-corrected chi connectivity index (χ0v) is 31.1. The van der Waals surface area contributed by atoms with Gasteiger partial charge in [0.2, 0.25) is 17.5 Å². The van der Waals surface area contributed by atoms with Crippen molar-refractivity contribution < 1.29 is 28.7 Å². The number of fused-ring (bicyclic) bond motifs is 3. The SMILES string of the molecule is [C-]#[N+]c1ccc(OC2CCC(N3Cc4cc(N5CCC(N6CCc7cc8c(cc7C6)C(=O)N(C6CCC(=O)NC6=O)C8=O)CC5)ccc4C3=O)CC2)cc1Cl. The van der Waals surface area contributed by atoms with Crippen LogP contribution in [-0.4, -0.2) is 88.1 Å². The molecular formula is C42H41ClN6O6. The number of piperidine rings is 2. The normalized spacial score (nSPS) is 24.4. The van der Waals surface area contributed by atoms with E-state index in [1.54, 1.807) is 18.2 Å². The Kier molecular flexibility index (Phi) is 9.10. The molecule has 1 atom stereocenters. The summed E-state index contributed by atoms with van der Waals surface area (Å²) >= 11 is 6.20. The maximum absolute atomic E-state index is 13.5. The zero-order chi connectivity index (χ0) is 38.0. The van der Waals surface area contributed by atoms with Crippen molar-refractivity contribution in [1.29, 1.82) is 0 Å². The van der Waals surface area contributed by atoms with Crippen LogP contribution in [0.15, 0.2) is 48.5 Å². The van der Waals surface area contributed by atoms with E-state index in [-0.39, 0.29) is 36.8 Å². The maximum atomic E-state index is 13.5. The molecular weight excluding hydrogens is 720 g/mol. The Labute approximate surface area is 324 Å². The van der Waals surface area contributed by atoms with Gasteiger partial charge in [0.1, 0.15) is 11.8 Å². The molecule has 5 heterocycles. The topological polar surface area (TPSA) is 124 Å². The molecule has 1 saturated carbocycles. The minimum atomic E-state index is -0.969. The highest BCUT2D eigenvalue weighted by Gasteiger charge is 2.45. The van der Waals surface area contributed by atoms with Gasteiger partial charge in [0.05, 0.1) is 28.8 Å². The van der Waals surface area contributed by atoms with Gasteiger partial charge in [-0.3, -0.25) is 39.1 Å². The first-order valence-electron chi connectivity index (χ1n) is 19.3. The second kappa shape index (κ2) is 14.1. The van der Waals surface area contributed by atoms with E-state index in [4.69, 9.17) is 22.9 Å². The molecule has 3 aromatic rings. The molecule has 12 nitrogen and oxygen atoms in total. The Morgan fingerprint density at radius 3 is 2.16 bits per heavy atom. The molecule has 0 radical (unpaired) electrons. The van der Waals surface area contributed by atoms with Crippen molar-refractivity contribution in [2.75, 3.05) is 24.5 Å². The fourth-order valence-electron chi connectivity index (χ4n) is 9.49. The number of carbonyl (C=O) groups excluding carboxylic acids is 5. The summed E-state index contributed by atoms with van der Waals surface area (Å²) in [7, 11) is 0. The number of hydrogen-bond acceptors (Lipinski definition) is 8. The van der Waals surface area contributed by atoms with Crippen LogP contribution in [0.5, 0.6) is 5.75 Å². The second-order valence-corrected chi connectivity index (χ2v) is 16.0. The summed E-state index contributed by atoms with van der Waals surface area (Å²) in [6.45, 7) is 11.2. The van der Waals surface area contributed by atoms with E-state index < -0.39 is 23.8 Å². The largest absolute Gasteiger partial charge is 0.490 e. The molecule has 55 heavy (non-hydrogen) atoms. The van der Waals surface area contributed by atoms with Crippen LogP contribution in [0.3, 0.4) is 0 Å². The molecule has 6 aliphatic rings. The molecule has 1 unspecified atom stereocenters. The lowest BCUT2D eigenvalue weighted by molar-refractivity contribution is -0.136. The molecule has 3 aromatic carbocycles. The van der Waals surface area contributed by atoms with E-state index in [0.717, 1.165) is 97.4 Å². The molecule has 2 saturated heterocycles. The van der Waals surface area contributed by atoms with Gasteiger partial charge < -0.3 is 14.5 Å². The summed E-state index contributed by atoms with van der Waals surface area (Å²) in [4.78, 5) is 75.9. The van der Waals surface area contributed by atoms with Gasteiger partial charge in [0.15, 0.2) is 0 Å². The monoisotopic (exact) mass is 760 g/mol. The van der Waals surface area contributed by atoms with Crippen molar-refractivity contribution in [2.24, 2.45) is 0 Å². The van der Waals surface area contributed by atoms with Gasteiger partial charge in [-0.25, -0.2) is 4.85 Å². The van der Waals surface area contributed by atoms with Crippen molar-refractivity contribution >= 4 is 52.5 Å². The third-order valence-electron chi connectivity index (χ3n) is 12.5. The molecule has 1 aliphatic carbocycles. The number of ether oxygens (including phenoxy) is 1. The lowest BCUT2D eigenvalue weighted by Gasteiger charge is -2.41. The van der Waals surface area contributed by atoms with Crippen LogP contribution in [0.25, 0.3) is 4.85 Å². The minimum absolute atomic E-state index is 0.0498. The van der Waals surface area contributed by atoms with Crippen LogP contribution >= 0.6 is 11.6 Å². The number of anilines is 1. The van der Waals surface area contributed by atoms with Crippen molar-refractivity contribution in [1.82, 2.24) is 20.0 Å². The first kappa shape index (κ1) is 35.5. The molecule has 1 N–H and O–H groups in total. The van der Waals surface area contributed by atoms with Crippen LogP contribution in [0.1, 0.15) is 99.1 Å². The minimum Gasteiger partial charge on any atom is -0.490 e. The highest BCUT2D eigenvalue weighted by atomic mass is 35.5. The lowest BCUT2D eigenvalue weighted by Crippen LogP contribution is -2.54. The molecule has 3 fully saturated rings. The Hall–Kier alpha value is -5.25. The highest BCUT2D eigenvalue weighted by Crippen LogP contribution is 2.37. The number of hydrogen-bond donors (Lipinski definition) is 1. The Morgan fingerprint density at radius 2 is 1.45 bits per heavy atom. The average molecular weight is 761 g/mol. The average Bonchev–Trinajstić information content (AvgIpc) is 3.65. The lowest BCUT2D eigenvalue weighted by atomic mass is 9.92. The van der Waals surface area contributed by atoms with Gasteiger partial charge in [0, 0.05) is 62.5 Å². The van der Waals surface area contributed by atoms with Gasteiger partial charge >= 0.3 is 0 Å². The molecule has 0 aromatic heterocycles. The number of imide groups is 2. The molecule has 0 bridgehead atoms.